The van der Waals surface area contributed by atoms with E-state index in [-0.39, 0.29) is 18.2 Å². The van der Waals surface area contributed by atoms with Crippen molar-refractivity contribution in [2.75, 3.05) is 12.4 Å². The zero-order valence-corrected chi connectivity index (χ0v) is 15.8. The number of nitrogens with one attached hydrogen (secondary N) is 1. The van der Waals surface area contributed by atoms with Crippen LogP contribution in [0.4, 0.5) is 10.8 Å². The zero-order valence-electron chi connectivity index (χ0n) is 14.1. The lowest BCUT2D eigenvalue weighted by molar-refractivity contribution is -0.127. The summed E-state index contributed by atoms with van der Waals surface area (Å²) in [6, 6.07) is 5.84. The Balaban J connectivity index is 1.66. The predicted octanol–water partition coefficient (Wildman–Crippen LogP) is 3.35. The van der Waals surface area contributed by atoms with Crippen LogP contribution in [0, 0.1) is 13.8 Å². The minimum atomic E-state index is -0.463. The molecule has 6 nitrogen and oxygen atoms in total. The molecular formula is C17H18N4O2S2. The maximum absolute atomic E-state index is 12.4. The predicted molar refractivity (Wildman–Crippen MR) is 103 cm³/mol. The molecule has 3 rings (SSSR count). The van der Waals surface area contributed by atoms with Crippen LogP contribution in [0.5, 0.6) is 0 Å². The summed E-state index contributed by atoms with van der Waals surface area (Å²) in [5.74, 6) is -0.294. The summed E-state index contributed by atoms with van der Waals surface area (Å²) >= 11 is 2.71. The van der Waals surface area contributed by atoms with Gasteiger partial charge in [0.2, 0.25) is 16.9 Å². The summed E-state index contributed by atoms with van der Waals surface area (Å²) in [5.41, 5.74) is 2.92. The molecule has 0 radical (unpaired) electrons. The third-order valence-electron chi connectivity index (χ3n) is 3.78. The SMILES string of the molecule is Cc1ccc(NC(=O)CC2S/C(=N\c3nccs3)N(C)C2=O)c(C)c1. The second-order valence-electron chi connectivity index (χ2n) is 5.78. The van der Waals surface area contributed by atoms with E-state index in [0.29, 0.717) is 10.3 Å². The van der Waals surface area contributed by atoms with E-state index < -0.39 is 5.25 Å². The molecule has 130 valence electrons. The van der Waals surface area contributed by atoms with Gasteiger partial charge < -0.3 is 5.32 Å². The Hall–Kier alpha value is -2.19. The van der Waals surface area contributed by atoms with E-state index >= 15 is 0 Å². The van der Waals surface area contributed by atoms with E-state index in [1.807, 2.05) is 37.4 Å². The average Bonchev–Trinajstić information content (AvgIpc) is 3.15. The molecule has 0 aliphatic carbocycles. The van der Waals surface area contributed by atoms with Gasteiger partial charge in [-0.05, 0) is 25.5 Å². The number of nitrogens with zero attached hydrogens (tertiary/aromatic N) is 3. The molecule has 0 bridgehead atoms. The second kappa shape index (κ2) is 7.37. The van der Waals surface area contributed by atoms with Crippen molar-refractivity contribution in [3.8, 4) is 0 Å². The highest BCUT2D eigenvalue weighted by molar-refractivity contribution is 8.15. The van der Waals surface area contributed by atoms with Gasteiger partial charge in [-0.3, -0.25) is 14.5 Å². The molecule has 1 aromatic heterocycles. The van der Waals surface area contributed by atoms with Crippen molar-refractivity contribution in [1.82, 2.24) is 9.88 Å². The molecule has 1 aliphatic heterocycles. The highest BCUT2D eigenvalue weighted by Gasteiger charge is 2.37. The van der Waals surface area contributed by atoms with Crippen molar-refractivity contribution in [2.24, 2.45) is 4.99 Å². The number of hydrogen-bond acceptors (Lipinski definition) is 6. The van der Waals surface area contributed by atoms with Crippen LogP contribution in [0.15, 0.2) is 34.8 Å². The molecule has 8 heteroatoms. The third-order valence-corrected chi connectivity index (χ3v) is 5.67. The highest BCUT2D eigenvalue weighted by atomic mass is 32.2. The van der Waals surface area contributed by atoms with Gasteiger partial charge in [-0.2, -0.15) is 4.99 Å². The summed E-state index contributed by atoms with van der Waals surface area (Å²) in [4.78, 5) is 34.7. The Bertz CT molecular complexity index is 833. The normalized spacial score (nSPS) is 18.8. The largest absolute Gasteiger partial charge is 0.326 e. The lowest BCUT2D eigenvalue weighted by Crippen LogP contribution is -2.30. The average molecular weight is 374 g/mol. The van der Waals surface area contributed by atoms with Gasteiger partial charge in [-0.15, -0.1) is 11.3 Å². The van der Waals surface area contributed by atoms with E-state index in [1.54, 1.807) is 13.2 Å². The van der Waals surface area contributed by atoms with Crippen LogP contribution in [0.2, 0.25) is 0 Å². The fraction of sp³-hybridized carbons (Fsp3) is 0.294. The number of carbonyl (C=O) groups excluding carboxylic acids is 2. The number of hydrogen-bond donors (Lipinski definition) is 1. The smallest absolute Gasteiger partial charge is 0.242 e. The fourth-order valence-electron chi connectivity index (χ4n) is 2.47. The molecule has 2 heterocycles. The van der Waals surface area contributed by atoms with Crippen molar-refractivity contribution in [1.29, 1.82) is 0 Å². The minimum Gasteiger partial charge on any atom is -0.326 e. The van der Waals surface area contributed by atoms with Gasteiger partial charge in [0.1, 0.15) is 5.25 Å². The van der Waals surface area contributed by atoms with Crippen LogP contribution in [0.3, 0.4) is 0 Å². The molecule has 1 N–H and O–H groups in total. The quantitative estimate of drug-likeness (QED) is 0.890. The fourth-order valence-corrected chi connectivity index (χ4v) is 4.17. The number of rotatable bonds is 4. The molecule has 0 spiro atoms. The Morgan fingerprint density at radius 1 is 1.40 bits per heavy atom. The topological polar surface area (TPSA) is 74.7 Å². The van der Waals surface area contributed by atoms with Crippen molar-refractivity contribution in [2.45, 2.75) is 25.5 Å². The lowest BCUT2D eigenvalue weighted by atomic mass is 10.1. The third kappa shape index (κ3) is 4.08. The van der Waals surface area contributed by atoms with Gasteiger partial charge >= 0.3 is 0 Å². The first-order valence-corrected chi connectivity index (χ1v) is 9.49. The first-order chi connectivity index (χ1) is 11.9. The first-order valence-electron chi connectivity index (χ1n) is 7.73. The number of anilines is 1. The molecule has 1 atom stereocenters. The van der Waals surface area contributed by atoms with Gasteiger partial charge in [0.05, 0.1) is 0 Å². The molecule has 1 unspecified atom stereocenters. The Labute approximate surface area is 154 Å². The van der Waals surface area contributed by atoms with E-state index in [1.165, 1.54) is 28.0 Å². The number of amides is 2. The zero-order chi connectivity index (χ0) is 18.0. The van der Waals surface area contributed by atoms with Crippen LogP contribution in [0.25, 0.3) is 0 Å². The van der Waals surface area contributed by atoms with Crippen molar-refractivity contribution in [3.05, 3.63) is 40.9 Å². The van der Waals surface area contributed by atoms with Crippen molar-refractivity contribution in [3.63, 3.8) is 0 Å². The molecule has 0 saturated carbocycles. The van der Waals surface area contributed by atoms with Gasteiger partial charge in [0.25, 0.3) is 0 Å². The standard InChI is InChI=1S/C17H18N4O2S2/c1-10-4-5-12(11(2)8-10)19-14(22)9-13-15(23)21(3)17(25-13)20-16-18-6-7-24-16/h4-8,13H,9H2,1-3H3,(H,19,22)/b20-17-. The maximum atomic E-state index is 12.4. The molecular weight excluding hydrogens is 356 g/mol. The minimum absolute atomic E-state index is 0.109. The summed E-state index contributed by atoms with van der Waals surface area (Å²) in [7, 11) is 1.67. The molecule has 1 saturated heterocycles. The number of carbonyl (C=O) groups is 2. The van der Waals surface area contributed by atoms with Crippen molar-refractivity contribution < 1.29 is 9.59 Å². The van der Waals surface area contributed by atoms with Crippen LogP contribution in [-0.4, -0.2) is 39.2 Å². The van der Waals surface area contributed by atoms with E-state index in [0.717, 1.165) is 16.8 Å². The van der Waals surface area contributed by atoms with Gasteiger partial charge in [0.15, 0.2) is 5.17 Å². The number of thioether (sulfide) groups is 1. The Kier molecular flexibility index (Phi) is 5.19. The lowest BCUT2D eigenvalue weighted by Gasteiger charge is -2.11. The number of amidine groups is 1. The molecule has 1 aliphatic rings. The number of thiazole rings is 1. The molecule has 1 fully saturated rings. The molecule has 2 aromatic rings. The molecule has 25 heavy (non-hydrogen) atoms. The summed E-state index contributed by atoms with van der Waals surface area (Å²) in [5, 5.41) is 5.43. The number of aliphatic imine (C=N–C) groups is 1. The van der Waals surface area contributed by atoms with Crippen LogP contribution in [-0.2, 0) is 9.59 Å². The van der Waals surface area contributed by atoms with E-state index in [9.17, 15) is 9.59 Å². The summed E-state index contributed by atoms with van der Waals surface area (Å²) < 4.78 is 0. The molecule has 1 aromatic carbocycles. The van der Waals surface area contributed by atoms with E-state index in [4.69, 9.17) is 0 Å². The Morgan fingerprint density at radius 2 is 2.20 bits per heavy atom. The summed E-state index contributed by atoms with van der Waals surface area (Å²) in [6.45, 7) is 3.95. The molecule has 2 amide bonds. The van der Waals surface area contributed by atoms with Gasteiger partial charge in [-0.1, -0.05) is 29.5 Å². The first kappa shape index (κ1) is 17.6. The van der Waals surface area contributed by atoms with Gasteiger partial charge in [-0.25, -0.2) is 4.98 Å². The van der Waals surface area contributed by atoms with Gasteiger partial charge in [0, 0.05) is 30.7 Å². The summed E-state index contributed by atoms with van der Waals surface area (Å²) in [6.07, 6.45) is 1.78. The monoisotopic (exact) mass is 374 g/mol. The van der Waals surface area contributed by atoms with Crippen molar-refractivity contribution >= 4 is 50.9 Å². The maximum Gasteiger partial charge on any atom is 0.242 e. The highest BCUT2D eigenvalue weighted by Crippen LogP contribution is 2.31. The van der Waals surface area contributed by atoms with Crippen LogP contribution in [0.1, 0.15) is 17.5 Å². The van der Waals surface area contributed by atoms with Crippen LogP contribution < -0.4 is 5.32 Å². The number of aryl methyl sites for hydroxylation is 2. The van der Waals surface area contributed by atoms with E-state index in [2.05, 4.69) is 15.3 Å². The number of aromatic nitrogens is 1. The Morgan fingerprint density at radius 3 is 2.88 bits per heavy atom. The second-order valence-corrected chi connectivity index (χ2v) is 7.83. The van der Waals surface area contributed by atoms with Crippen LogP contribution >= 0.6 is 23.1 Å². The number of benzene rings is 1.